The summed E-state index contributed by atoms with van der Waals surface area (Å²) in [6, 6.07) is 7.19. The van der Waals surface area contributed by atoms with E-state index >= 15 is 0 Å². The third kappa shape index (κ3) is 1.30. The molecule has 0 unspecified atom stereocenters. The Morgan fingerprint density at radius 3 is 2.36 bits per heavy atom. The van der Waals surface area contributed by atoms with Crippen LogP contribution in [0.4, 0.5) is 0 Å². The van der Waals surface area contributed by atoms with E-state index in [1.54, 1.807) is 12.1 Å². The van der Waals surface area contributed by atoms with Crippen LogP contribution in [-0.2, 0) is 4.79 Å². The van der Waals surface area contributed by atoms with Gasteiger partial charge in [-0.3, -0.25) is 9.59 Å². The fourth-order valence-electron chi connectivity index (χ4n) is 1.46. The lowest BCUT2D eigenvalue weighted by Crippen LogP contribution is -2.17. The Kier molecular flexibility index (Phi) is 2.25. The molecule has 0 aromatic heterocycles. The van der Waals surface area contributed by atoms with Gasteiger partial charge in [-0.25, -0.2) is 0 Å². The van der Waals surface area contributed by atoms with Gasteiger partial charge in [0.1, 0.15) is 0 Å². The molecule has 0 N–H and O–H groups in total. The monoisotopic (exact) mass is 204 g/mol. The summed E-state index contributed by atoms with van der Waals surface area (Å²) in [5.74, 6) is -0.827. The lowest BCUT2D eigenvalue weighted by atomic mass is 9.95. The Balaban J connectivity index is 2.66. The van der Waals surface area contributed by atoms with Crippen molar-refractivity contribution in [2.75, 3.05) is 6.26 Å². The molecule has 14 heavy (non-hydrogen) atoms. The number of carbonyl (C=O) groups excluding carboxylic acids is 2. The molecule has 0 fully saturated rings. The molecule has 1 aromatic rings. The quantitative estimate of drug-likeness (QED) is 0.657. The van der Waals surface area contributed by atoms with Gasteiger partial charge in [0.2, 0.25) is 11.6 Å². The van der Waals surface area contributed by atoms with Crippen molar-refractivity contribution in [3.05, 3.63) is 41.5 Å². The van der Waals surface area contributed by atoms with Crippen LogP contribution in [0.15, 0.2) is 30.3 Å². The first-order chi connectivity index (χ1) is 6.74. The maximum atomic E-state index is 11.5. The maximum Gasteiger partial charge on any atom is 0.233 e. The lowest BCUT2D eigenvalue weighted by Gasteiger charge is -2.13. The van der Waals surface area contributed by atoms with E-state index in [9.17, 15) is 9.59 Å². The van der Waals surface area contributed by atoms with Crippen molar-refractivity contribution in [1.29, 1.82) is 0 Å². The Morgan fingerprint density at radius 2 is 1.71 bits per heavy atom. The van der Waals surface area contributed by atoms with Crippen LogP contribution in [0.1, 0.15) is 15.9 Å². The summed E-state index contributed by atoms with van der Waals surface area (Å²) in [6.45, 7) is 0. The van der Waals surface area contributed by atoms with Crippen molar-refractivity contribution in [3.63, 3.8) is 0 Å². The van der Waals surface area contributed by atoms with Crippen LogP contribution in [0.25, 0.3) is 4.91 Å². The van der Waals surface area contributed by atoms with Gasteiger partial charge >= 0.3 is 0 Å². The van der Waals surface area contributed by atoms with E-state index < -0.39 is 11.6 Å². The van der Waals surface area contributed by atoms with E-state index in [0.717, 1.165) is 10.5 Å². The molecule has 2 nitrogen and oxygen atoms in total. The number of hydrogen-bond acceptors (Lipinski definition) is 3. The van der Waals surface area contributed by atoms with E-state index in [4.69, 9.17) is 0 Å². The standard InChI is InChI=1S/C11H8O2S/c1-14-10-6-9(12)11(13)8-5-3-2-4-7(8)10/h2-6H,1H3. The highest BCUT2D eigenvalue weighted by atomic mass is 32.2. The minimum atomic E-state index is -0.423. The minimum absolute atomic E-state index is 0.404. The molecule has 0 amide bonds. The summed E-state index contributed by atoms with van der Waals surface area (Å²) in [5.41, 5.74) is 1.38. The molecule has 0 radical (unpaired) electrons. The summed E-state index contributed by atoms with van der Waals surface area (Å²) >= 11 is 1.48. The smallest absolute Gasteiger partial charge is 0.233 e. The summed E-state index contributed by atoms with van der Waals surface area (Å²) in [6.07, 6.45) is 3.31. The average Bonchev–Trinajstić information content (AvgIpc) is 2.23. The van der Waals surface area contributed by atoms with Crippen molar-refractivity contribution in [2.24, 2.45) is 0 Å². The van der Waals surface area contributed by atoms with Gasteiger partial charge in [0.15, 0.2) is 0 Å². The SMILES string of the molecule is CSC1=CC(=O)C(=O)c2ccccc21. The molecular formula is C11H8O2S. The van der Waals surface area contributed by atoms with Crippen LogP contribution in [0.5, 0.6) is 0 Å². The van der Waals surface area contributed by atoms with E-state index in [1.165, 1.54) is 17.8 Å². The molecule has 0 spiro atoms. The lowest BCUT2D eigenvalue weighted by molar-refractivity contribution is -0.110. The van der Waals surface area contributed by atoms with E-state index in [2.05, 4.69) is 0 Å². The van der Waals surface area contributed by atoms with Crippen molar-refractivity contribution in [1.82, 2.24) is 0 Å². The van der Waals surface area contributed by atoms with Crippen LogP contribution in [0.3, 0.4) is 0 Å². The number of ketones is 2. The third-order valence-electron chi connectivity index (χ3n) is 2.14. The number of hydrogen-bond donors (Lipinski definition) is 0. The third-order valence-corrected chi connectivity index (χ3v) is 2.92. The second kappa shape index (κ2) is 3.42. The Hall–Kier alpha value is -1.35. The Morgan fingerprint density at radius 1 is 1.07 bits per heavy atom. The normalized spacial score (nSPS) is 15.1. The average molecular weight is 204 g/mol. The number of Topliss-reactive ketones (excluding diaryl/α,β-unsaturated/α-hetero) is 1. The highest BCUT2D eigenvalue weighted by molar-refractivity contribution is 8.07. The van der Waals surface area contributed by atoms with Crippen LogP contribution >= 0.6 is 11.8 Å². The molecule has 0 saturated heterocycles. The minimum Gasteiger partial charge on any atom is -0.286 e. The predicted molar refractivity (Wildman–Crippen MR) is 57.3 cm³/mol. The summed E-state index contributed by atoms with van der Waals surface area (Å²) in [5, 5.41) is 0. The summed E-state index contributed by atoms with van der Waals surface area (Å²) < 4.78 is 0. The topological polar surface area (TPSA) is 34.1 Å². The molecule has 1 aromatic carbocycles. The first-order valence-corrected chi connectivity index (χ1v) is 5.40. The van der Waals surface area contributed by atoms with Gasteiger partial charge in [-0.2, -0.15) is 0 Å². The first kappa shape index (κ1) is 9.21. The number of allylic oxidation sites excluding steroid dienone is 1. The molecule has 0 heterocycles. The van der Waals surface area contributed by atoms with Crippen molar-refractivity contribution in [3.8, 4) is 0 Å². The zero-order valence-corrected chi connectivity index (χ0v) is 8.43. The molecule has 0 aliphatic heterocycles. The maximum absolute atomic E-state index is 11.5. The van der Waals surface area contributed by atoms with E-state index in [1.807, 2.05) is 18.4 Å². The highest BCUT2D eigenvalue weighted by Crippen LogP contribution is 2.31. The van der Waals surface area contributed by atoms with E-state index in [0.29, 0.717) is 5.56 Å². The molecule has 3 heteroatoms. The van der Waals surface area contributed by atoms with Gasteiger partial charge in [0.25, 0.3) is 0 Å². The fourth-order valence-corrected chi connectivity index (χ4v) is 2.08. The number of rotatable bonds is 1. The van der Waals surface area contributed by atoms with E-state index in [-0.39, 0.29) is 0 Å². The molecule has 2 rings (SSSR count). The van der Waals surface area contributed by atoms with Crippen LogP contribution in [0, 0.1) is 0 Å². The zero-order chi connectivity index (χ0) is 10.1. The second-order valence-corrected chi connectivity index (χ2v) is 3.80. The van der Waals surface area contributed by atoms with Crippen molar-refractivity contribution >= 4 is 28.2 Å². The fraction of sp³-hybridized carbons (Fsp3) is 0.0909. The number of benzene rings is 1. The molecule has 70 valence electrons. The predicted octanol–water partition coefficient (Wildman–Crippen LogP) is 2.16. The van der Waals surface area contributed by atoms with Gasteiger partial charge in [-0.05, 0) is 11.8 Å². The van der Waals surface area contributed by atoms with Gasteiger partial charge in [0, 0.05) is 16.5 Å². The zero-order valence-electron chi connectivity index (χ0n) is 7.61. The molecule has 1 aliphatic carbocycles. The van der Waals surface area contributed by atoms with Crippen LogP contribution < -0.4 is 0 Å². The van der Waals surface area contributed by atoms with Gasteiger partial charge in [0.05, 0.1) is 0 Å². The summed E-state index contributed by atoms with van der Waals surface area (Å²) in [4.78, 5) is 23.6. The number of fused-ring (bicyclic) bond motifs is 1. The van der Waals surface area contributed by atoms with Crippen molar-refractivity contribution in [2.45, 2.75) is 0 Å². The molecule has 0 atom stereocenters. The molecule has 0 bridgehead atoms. The van der Waals surface area contributed by atoms with Gasteiger partial charge < -0.3 is 0 Å². The highest BCUT2D eigenvalue weighted by Gasteiger charge is 2.24. The van der Waals surface area contributed by atoms with Crippen LogP contribution in [-0.4, -0.2) is 17.8 Å². The molecule has 1 aliphatic rings. The Bertz CT molecular complexity index is 446. The number of carbonyl (C=O) groups is 2. The Labute approximate surface area is 86.0 Å². The van der Waals surface area contributed by atoms with Gasteiger partial charge in [-0.1, -0.05) is 24.3 Å². The van der Waals surface area contributed by atoms with Crippen LogP contribution in [0.2, 0.25) is 0 Å². The summed E-state index contributed by atoms with van der Waals surface area (Å²) in [7, 11) is 0. The van der Waals surface area contributed by atoms with Gasteiger partial charge in [-0.15, -0.1) is 11.8 Å². The first-order valence-electron chi connectivity index (χ1n) is 4.18. The molecule has 0 saturated carbocycles. The molecular weight excluding hydrogens is 196 g/mol. The number of thioether (sulfide) groups is 1. The van der Waals surface area contributed by atoms with Crippen molar-refractivity contribution < 1.29 is 9.59 Å². The largest absolute Gasteiger partial charge is 0.286 e. The second-order valence-electron chi connectivity index (χ2n) is 2.95.